The normalized spacial score (nSPS) is 22.2. The number of sulfonamides is 1. The van der Waals surface area contributed by atoms with Crippen LogP contribution < -0.4 is 0 Å². The molecule has 0 spiro atoms. The Bertz CT molecular complexity index is 889. The van der Waals surface area contributed by atoms with E-state index in [-0.39, 0.29) is 11.9 Å². The summed E-state index contributed by atoms with van der Waals surface area (Å²) in [5.74, 6) is 0.232. The third-order valence-electron chi connectivity index (χ3n) is 6.00. The first kappa shape index (κ1) is 18.6. The van der Waals surface area contributed by atoms with Crippen molar-refractivity contribution in [2.45, 2.75) is 61.8 Å². The molecule has 0 N–H and O–H groups in total. The minimum atomic E-state index is -3.59. The van der Waals surface area contributed by atoms with Crippen LogP contribution in [-0.2, 0) is 10.0 Å². The molecule has 1 aliphatic carbocycles. The molecule has 1 atom stereocenters. The Morgan fingerprint density at radius 3 is 2.30 bits per heavy atom. The second-order valence-electron chi connectivity index (χ2n) is 7.73. The van der Waals surface area contributed by atoms with Gasteiger partial charge in [-0.05, 0) is 67.0 Å². The Kier molecular flexibility index (Phi) is 5.33. The zero-order valence-corrected chi connectivity index (χ0v) is 16.3. The fourth-order valence-electron chi connectivity index (χ4n) is 4.56. The van der Waals surface area contributed by atoms with Crippen LogP contribution in [0.2, 0.25) is 0 Å². The van der Waals surface area contributed by atoms with E-state index in [4.69, 9.17) is 0 Å². The second kappa shape index (κ2) is 7.72. The molecule has 1 heterocycles. The SMILES string of the molecule is O=S(=O)(c1ccc(C2CCCCC2)cc1)N1CCC[C@@H]1c1cccc(F)c1. The summed E-state index contributed by atoms with van der Waals surface area (Å²) in [7, 11) is -3.59. The van der Waals surface area contributed by atoms with Crippen molar-refractivity contribution in [2.24, 2.45) is 0 Å². The van der Waals surface area contributed by atoms with Gasteiger partial charge >= 0.3 is 0 Å². The molecule has 1 saturated carbocycles. The van der Waals surface area contributed by atoms with Gasteiger partial charge in [0.05, 0.1) is 10.9 Å². The van der Waals surface area contributed by atoms with Crippen LogP contribution in [0.3, 0.4) is 0 Å². The molecule has 4 rings (SSSR count). The fraction of sp³-hybridized carbons (Fsp3) is 0.455. The van der Waals surface area contributed by atoms with Crippen molar-refractivity contribution in [3.05, 3.63) is 65.5 Å². The molecule has 3 nitrogen and oxygen atoms in total. The Morgan fingerprint density at radius 2 is 1.59 bits per heavy atom. The number of hydrogen-bond acceptors (Lipinski definition) is 2. The van der Waals surface area contributed by atoms with E-state index < -0.39 is 10.0 Å². The first-order chi connectivity index (χ1) is 13.1. The summed E-state index contributed by atoms with van der Waals surface area (Å²) in [6.45, 7) is 0.480. The summed E-state index contributed by atoms with van der Waals surface area (Å²) in [6.07, 6.45) is 7.73. The Balaban J connectivity index is 1.58. The number of rotatable bonds is 4. The van der Waals surface area contributed by atoms with Crippen molar-refractivity contribution in [1.29, 1.82) is 0 Å². The Hall–Kier alpha value is -1.72. The van der Waals surface area contributed by atoms with Gasteiger partial charge in [-0.15, -0.1) is 0 Å². The lowest BCUT2D eigenvalue weighted by Gasteiger charge is -2.25. The zero-order chi connectivity index (χ0) is 18.9. The molecule has 144 valence electrons. The van der Waals surface area contributed by atoms with E-state index in [1.165, 1.54) is 54.1 Å². The topological polar surface area (TPSA) is 37.4 Å². The van der Waals surface area contributed by atoms with E-state index >= 15 is 0 Å². The molecule has 0 amide bonds. The van der Waals surface area contributed by atoms with Gasteiger partial charge in [0.15, 0.2) is 0 Å². The molecule has 0 unspecified atom stereocenters. The summed E-state index contributed by atoms with van der Waals surface area (Å²) in [5.41, 5.74) is 1.98. The van der Waals surface area contributed by atoms with Gasteiger partial charge in [-0.1, -0.05) is 43.5 Å². The van der Waals surface area contributed by atoms with Gasteiger partial charge in [0.25, 0.3) is 0 Å². The molecular weight excluding hydrogens is 361 g/mol. The number of hydrogen-bond donors (Lipinski definition) is 0. The summed E-state index contributed by atoms with van der Waals surface area (Å²) < 4.78 is 41.6. The van der Waals surface area contributed by atoms with Crippen molar-refractivity contribution < 1.29 is 12.8 Å². The summed E-state index contributed by atoms with van der Waals surface area (Å²) >= 11 is 0. The van der Waals surface area contributed by atoms with Gasteiger partial charge in [-0.3, -0.25) is 0 Å². The van der Waals surface area contributed by atoms with E-state index in [1.807, 2.05) is 18.2 Å². The minimum Gasteiger partial charge on any atom is -0.207 e. The van der Waals surface area contributed by atoms with Crippen LogP contribution >= 0.6 is 0 Å². The second-order valence-corrected chi connectivity index (χ2v) is 9.62. The lowest BCUT2D eigenvalue weighted by molar-refractivity contribution is 0.395. The minimum absolute atomic E-state index is 0.288. The molecule has 0 radical (unpaired) electrons. The predicted molar refractivity (Wildman–Crippen MR) is 105 cm³/mol. The highest BCUT2D eigenvalue weighted by Gasteiger charge is 2.36. The standard InChI is InChI=1S/C22H26FNO2S/c23-20-9-4-8-19(16-20)22-10-5-15-24(22)27(25,26)21-13-11-18(12-14-21)17-6-2-1-3-7-17/h4,8-9,11-14,16-17,22H,1-3,5-7,10,15H2/t22-/m1/s1. The first-order valence-corrected chi connectivity index (χ1v) is 11.4. The predicted octanol–water partition coefficient (Wildman–Crippen LogP) is 5.40. The van der Waals surface area contributed by atoms with E-state index in [1.54, 1.807) is 18.2 Å². The molecule has 2 aromatic rings. The maximum atomic E-state index is 13.6. The van der Waals surface area contributed by atoms with E-state index in [0.717, 1.165) is 18.4 Å². The number of nitrogens with zero attached hydrogens (tertiary/aromatic N) is 1. The summed E-state index contributed by atoms with van der Waals surface area (Å²) in [4.78, 5) is 0.338. The maximum absolute atomic E-state index is 13.6. The van der Waals surface area contributed by atoms with Gasteiger partial charge in [0.2, 0.25) is 10.0 Å². The summed E-state index contributed by atoms with van der Waals surface area (Å²) in [5, 5.41) is 0. The lowest BCUT2D eigenvalue weighted by atomic mass is 9.84. The van der Waals surface area contributed by atoms with Crippen molar-refractivity contribution in [2.75, 3.05) is 6.54 Å². The van der Waals surface area contributed by atoms with Crippen LogP contribution in [0.5, 0.6) is 0 Å². The quantitative estimate of drug-likeness (QED) is 0.704. The molecule has 2 aliphatic rings. The van der Waals surface area contributed by atoms with Gasteiger partial charge < -0.3 is 0 Å². The average Bonchev–Trinajstić information content (AvgIpc) is 3.20. The van der Waals surface area contributed by atoms with Gasteiger partial charge in [-0.25, -0.2) is 12.8 Å². The molecule has 1 aliphatic heterocycles. The number of benzene rings is 2. The average molecular weight is 388 g/mol. The Morgan fingerprint density at radius 1 is 0.852 bits per heavy atom. The zero-order valence-electron chi connectivity index (χ0n) is 15.5. The molecule has 5 heteroatoms. The molecular formula is C22H26FNO2S. The third kappa shape index (κ3) is 3.81. The molecule has 27 heavy (non-hydrogen) atoms. The molecule has 2 fully saturated rings. The molecule has 2 aromatic carbocycles. The highest BCUT2D eigenvalue weighted by atomic mass is 32.2. The van der Waals surface area contributed by atoms with Gasteiger partial charge in [0, 0.05) is 6.54 Å². The molecule has 0 aromatic heterocycles. The number of halogens is 1. The van der Waals surface area contributed by atoms with Crippen molar-refractivity contribution in [3.63, 3.8) is 0 Å². The third-order valence-corrected chi connectivity index (χ3v) is 7.92. The monoisotopic (exact) mass is 387 g/mol. The van der Waals surface area contributed by atoms with Gasteiger partial charge in [-0.2, -0.15) is 4.31 Å². The van der Waals surface area contributed by atoms with Crippen molar-refractivity contribution in [3.8, 4) is 0 Å². The van der Waals surface area contributed by atoms with Crippen LogP contribution in [0.15, 0.2) is 53.4 Å². The highest BCUT2D eigenvalue weighted by molar-refractivity contribution is 7.89. The maximum Gasteiger partial charge on any atom is 0.243 e. The highest BCUT2D eigenvalue weighted by Crippen LogP contribution is 2.38. The van der Waals surface area contributed by atoms with Crippen molar-refractivity contribution in [1.82, 2.24) is 4.31 Å². The van der Waals surface area contributed by atoms with E-state index in [9.17, 15) is 12.8 Å². The Labute approximate surface area is 161 Å². The lowest BCUT2D eigenvalue weighted by Crippen LogP contribution is -2.30. The van der Waals surface area contributed by atoms with Crippen LogP contribution in [0.25, 0.3) is 0 Å². The van der Waals surface area contributed by atoms with Gasteiger partial charge in [0.1, 0.15) is 5.82 Å². The molecule has 0 bridgehead atoms. The fourth-order valence-corrected chi connectivity index (χ4v) is 6.24. The van der Waals surface area contributed by atoms with Crippen molar-refractivity contribution >= 4 is 10.0 Å². The van der Waals surface area contributed by atoms with E-state index in [2.05, 4.69) is 0 Å². The van der Waals surface area contributed by atoms with Crippen LogP contribution in [0, 0.1) is 5.82 Å². The smallest absolute Gasteiger partial charge is 0.207 e. The van der Waals surface area contributed by atoms with Crippen LogP contribution in [0.4, 0.5) is 4.39 Å². The van der Waals surface area contributed by atoms with Crippen LogP contribution in [0.1, 0.15) is 68.0 Å². The summed E-state index contributed by atoms with van der Waals surface area (Å²) in [6, 6.07) is 13.5. The van der Waals surface area contributed by atoms with E-state index in [0.29, 0.717) is 17.4 Å². The largest absolute Gasteiger partial charge is 0.243 e. The molecule has 1 saturated heterocycles. The van der Waals surface area contributed by atoms with Crippen LogP contribution in [-0.4, -0.2) is 19.3 Å². The first-order valence-electron chi connectivity index (χ1n) is 9.93.